The van der Waals surface area contributed by atoms with Gasteiger partial charge < -0.3 is 19.5 Å². The Morgan fingerprint density at radius 1 is 1.26 bits per heavy atom. The quantitative estimate of drug-likeness (QED) is 0.403. The Morgan fingerprint density at radius 2 is 2.12 bits per heavy atom. The van der Waals surface area contributed by atoms with Crippen LogP contribution in [0.4, 0.5) is 5.69 Å². The third-order valence-corrected chi connectivity index (χ3v) is 8.12. The zero-order valence-electron chi connectivity index (χ0n) is 19.5. The minimum absolute atomic E-state index is 0.154. The van der Waals surface area contributed by atoms with Crippen molar-refractivity contribution >= 4 is 23.3 Å². The highest BCUT2D eigenvalue weighted by Crippen LogP contribution is 2.46. The summed E-state index contributed by atoms with van der Waals surface area (Å²) in [6.07, 6.45) is 7.27. The number of ether oxygens (including phenoxy) is 2. The number of rotatable bonds is 7. The van der Waals surface area contributed by atoms with E-state index >= 15 is 0 Å². The van der Waals surface area contributed by atoms with E-state index in [4.69, 9.17) is 21.1 Å². The summed E-state index contributed by atoms with van der Waals surface area (Å²) in [5.41, 5.74) is 3.64. The highest BCUT2D eigenvalue weighted by molar-refractivity contribution is 6.30. The molecule has 6 heteroatoms. The van der Waals surface area contributed by atoms with Crippen LogP contribution in [0.1, 0.15) is 47.2 Å². The second-order valence-corrected chi connectivity index (χ2v) is 10.5. The van der Waals surface area contributed by atoms with Gasteiger partial charge in [-0.05, 0) is 85.4 Å². The molecule has 3 atom stereocenters. The van der Waals surface area contributed by atoms with Gasteiger partial charge in [0.1, 0.15) is 5.75 Å². The van der Waals surface area contributed by atoms with Gasteiger partial charge in [-0.1, -0.05) is 23.7 Å². The number of benzene rings is 2. The number of nitrogens with zero attached hydrogens (tertiary/aromatic N) is 1. The number of fused-ring (bicyclic) bond motifs is 3. The van der Waals surface area contributed by atoms with Crippen LogP contribution in [0.15, 0.2) is 49.1 Å². The van der Waals surface area contributed by atoms with Gasteiger partial charge in [-0.25, -0.2) is 4.79 Å². The van der Waals surface area contributed by atoms with E-state index in [9.17, 15) is 9.90 Å². The molecule has 180 valence electrons. The lowest BCUT2D eigenvalue weighted by atomic mass is 9.69. The van der Waals surface area contributed by atoms with Gasteiger partial charge in [0.2, 0.25) is 0 Å². The third kappa shape index (κ3) is 4.44. The first-order valence-electron chi connectivity index (χ1n) is 12.2. The number of carboxylic acids is 1. The summed E-state index contributed by atoms with van der Waals surface area (Å²) in [7, 11) is 0. The molecule has 1 spiro atoms. The fourth-order valence-corrected chi connectivity index (χ4v) is 6.13. The average molecular weight is 482 g/mol. The highest BCUT2D eigenvalue weighted by atomic mass is 35.5. The van der Waals surface area contributed by atoms with Gasteiger partial charge in [-0.3, -0.25) is 0 Å². The van der Waals surface area contributed by atoms with E-state index in [1.807, 2.05) is 12.1 Å². The molecule has 1 unspecified atom stereocenters. The predicted octanol–water partition coefficient (Wildman–Crippen LogP) is 5.74. The Morgan fingerprint density at radius 3 is 2.88 bits per heavy atom. The van der Waals surface area contributed by atoms with Gasteiger partial charge in [0.25, 0.3) is 0 Å². The molecule has 34 heavy (non-hydrogen) atoms. The summed E-state index contributed by atoms with van der Waals surface area (Å²) in [6, 6.07) is 11.5. The summed E-state index contributed by atoms with van der Waals surface area (Å²) in [5.74, 6) is 0.874. The molecule has 1 saturated carbocycles. The molecule has 5 rings (SSSR count). The predicted molar refractivity (Wildman–Crippen MR) is 134 cm³/mol. The first kappa shape index (κ1) is 23.3. The molecule has 2 aromatic carbocycles. The second-order valence-electron chi connectivity index (χ2n) is 10.0. The molecule has 0 aromatic heterocycles. The van der Waals surface area contributed by atoms with Gasteiger partial charge in [-0.2, -0.15) is 0 Å². The maximum absolute atomic E-state index is 11.8. The van der Waals surface area contributed by atoms with Crippen molar-refractivity contribution in [2.75, 3.05) is 37.8 Å². The molecule has 0 bridgehead atoms. The number of aryl methyl sites for hydroxylation is 1. The standard InChI is InChI=1S/C28H32ClNO4/c1-2-12-33-16-22-6-5-21(22)15-30-17-28(11-3-4-19-13-23(29)8-9-24(19)28)18-34-26-10-7-20(27(31)32)14-25(26)30/h2,7-10,13-14,21-22H,1,3-6,11-12,15-18H2,(H,31,32)/t21-,22-,28?/m0/s1. The van der Waals surface area contributed by atoms with Gasteiger partial charge in [-0.15, -0.1) is 6.58 Å². The molecule has 1 N–H and O–H groups in total. The van der Waals surface area contributed by atoms with Crippen LogP contribution in [0.2, 0.25) is 5.02 Å². The molecule has 0 amide bonds. The lowest BCUT2D eigenvalue weighted by molar-refractivity contribution is 0.0466. The van der Waals surface area contributed by atoms with Gasteiger partial charge in [0, 0.05) is 23.5 Å². The normalized spacial score (nSPS) is 25.5. The lowest BCUT2D eigenvalue weighted by Crippen LogP contribution is -2.48. The molecule has 3 aliphatic rings. The largest absolute Gasteiger partial charge is 0.490 e. The number of carboxylic acid groups (broad SMARTS) is 1. The Hall–Kier alpha value is -2.50. The molecule has 1 aliphatic heterocycles. The number of hydrogen-bond donors (Lipinski definition) is 1. The monoisotopic (exact) mass is 481 g/mol. The van der Waals surface area contributed by atoms with Crippen LogP contribution in [0.25, 0.3) is 0 Å². The van der Waals surface area contributed by atoms with Gasteiger partial charge >= 0.3 is 5.97 Å². The molecule has 1 fully saturated rings. The lowest BCUT2D eigenvalue weighted by Gasteiger charge is -2.44. The fourth-order valence-electron chi connectivity index (χ4n) is 5.93. The van der Waals surface area contributed by atoms with E-state index in [2.05, 4.69) is 23.6 Å². The van der Waals surface area contributed by atoms with Crippen molar-refractivity contribution in [1.82, 2.24) is 0 Å². The molecule has 0 saturated heterocycles. The van der Waals surface area contributed by atoms with E-state index in [0.717, 1.165) is 61.8 Å². The highest BCUT2D eigenvalue weighted by Gasteiger charge is 2.43. The Bertz CT molecular complexity index is 1090. The molecule has 1 heterocycles. The smallest absolute Gasteiger partial charge is 0.335 e. The maximum atomic E-state index is 11.8. The summed E-state index contributed by atoms with van der Waals surface area (Å²) in [6.45, 7) is 7.31. The first-order chi connectivity index (χ1) is 16.5. The van der Waals surface area contributed by atoms with E-state index in [1.54, 1.807) is 18.2 Å². The van der Waals surface area contributed by atoms with Crippen molar-refractivity contribution in [3.63, 3.8) is 0 Å². The fraction of sp³-hybridized carbons (Fsp3) is 0.464. The van der Waals surface area contributed by atoms with Crippen molar-refractivity contribution in [3.8, 4) is 5.75 Å². The SMILES string of the molecule is C=CCOC[C@@H]1CC[C@H]1CN1CC2(CCCc3cc(Cl)ccc32)COc2ccc(C(=O)O)cc21. The number of aromatic carboxylic acids is 1. The Balaban J connectivity index is 1.49. The van der Waals surface area contributed by atoms with Crippen LogP contribution in [-0.4, -0.2) is 44.0 Å². The average Bonchev–Trinajstić information content (AvgIpc) is 2.96. The number of halogens is 1. The molecular formula is C28H32ClNO4. The minimum Gasteiger partial charge on any atom is -0.490 e. The van der Waals surface area contributed by atoms with Crippen LogP contribution >= 0.6 is 11.6 Å². The van der Waals surface area contributed by atoms with E-state index < -0.39 is 5.97 Å². The van der Waals surface area contributed by atoms with E-state index in [0.29, 0.717) is 30.6 Å². The van der Waals surface area contributed by atoms with Crippen molar-refractivity contribution in [3.05, 3.63) is 70.8 Å². The van der Waals surface area contributed by atoms with Crippen molar-refractivity contribution in [2.45, 2.75) is 37.5 Å². The molecule has 2 aliphatic carbocycles. The number of anilines is 1. The Labute approximate surface area is 206 Å². The van der Waals surface area contributed by atoms with Crippen LogP contribution in [0.5, 0.6) is 5.75 Å². The zero-order valence-corrected chi connectivity index (χ0v) is 20.2. The van der Waals surface area contributed by atoms with E-state index in [1.165, 1.54) is 17.5 Å². The molecule has 5 nitrogen and oxygen atoms in total. The third-order valence-electron chi connectivity index (χ3n) is 7.88. The first-order valence-corrected chi connectivity index (χ1v) is 12.6. The molecule has 0 radical (unpaired) electrons. The van der Waals surface area contributed by atoms with Crippen molar-refractivity contribution in [2.24, 2.45) is 11.8 Å². The van der Waals surface area contributed by atoms with Crippen molar-refractivity contribution in [1.29, 1.82) is 0 Å². The topological polar surface area (TPSA) is 59.0 Å². The van der Waals surface area contributed by atoms with Crippen LogP contribution < -0.4 is 9.64 Å². The van der Waals surface area contributed by atoms with Gasteiger partial charge in [0.15, 0.2) is 0 Å². The maximum Gasteiger partial charge on any atom is 0.335 e. The number of hydrogen-bond acceptors (Lipinski definition) is 4. The molecular weight excluding hydrogens is 450 g/mol. The summed E-state index contributed by atoms with van der Waals surface area (Å²) in [4.78, 5) is 14.2. The number of carbonyl (C=O) groups is 1. The summed E-state index contributed by atoms with van der Waals surface area (Å²) < 4.78 is 12.2. The van der Waals surface area contributed by atoms with Gasteiger partial charge in [0.05, 0.1) is 31.1 Å². The van der Waals surface area contributed by atoms with E-state index in [-0.39, 0.29) is 5.41 Å². The van der Waals surface area contributed by atoms with Crippen LogP contribution in [-0.2, 0) is 16.6 Å². The van der Waals surface area contributed by atoms with Crippen LogP contribution in [0.3, 0.4) is 0 Å². The minimum atomic E-state index is -0.918. The van der Waals surface area contributed by atoms with Crippen molar-refractivity contribution < 1.29 is 19.4 Å². The summed E-state index contributed by atoms with van der Waals surface area (Å²) in [5, 5.41) is 10.4. The zero-order chi connectivity index (χ0) is 23.7. The van der Waals surface area contributed by atoms with Crippen LogP contribution in [0, 0.1) is 11.8 Å². The second kappa shape index (κ2) is 9.63. The summed E-state index contributed by atoms with van der Waals surface area (Å²) >= 11 is 6.33. The Kier molecular flexibility index (Phi) is 6.59. The molecule has 2 aromatic rings.